The SMILES string of the molecule is Cc1cccc(Cn2cccc(C(=O)NCCCCN3CCN(c4ccccc4)CC3)c2=O)c1. The number of anilines is 1. The lowest BCUT2D eigenvalue weighted by atomic mass is 10.1. The first kappa shape index (κ1) is 23.8. The molecule has 2 heterocycles. The van der Waals surface area contributed by atoms with Crippen LogP contribution in [0.2, 0.25) is 0 Å². The smallest absolute Gasteiger partial charge is 0.263 e. The van der Waals surface area contributed by atoms with E-state index < -0.39 is 0 Å². The molecule has 1 amide bonds. The first-order valence-corrected chi connectivity index (χ1v) is 12.2. The van der Waals surface area contributed by atoms with Crippen molar-refractivity contribution >= 4 is 11.6 Å². The van der Waals surface area contributed by atoms with Gasteiger partial charge in [-0.3, -0.25) is 14.5 Å². The lowest BCUT2D eigenvalue weighted by molar-refractivity contribution is 0.0950. The fourth-order valence-electron chi connectivity index (χ4n) is 4.47. The zero-order chi connectivity index (χ0) is 23.8. The van der Waals surface area contributed by atoms with Crippen LogP contribution in [0.5, 0.6) is 0 Å². The highest BCUT2D eigenvalue weighted by Gasteiger charge is 2.17. The number of aromatic nitrogens is 1. The molecule has 0 bridgehead atoms. The molecular weight excluding hydrogens is 424 g/mol. The number of aryl methyl sites for hydroxylation is 1. The van der Waals surface area contributed by atoms with Gasteiger partial charge in [0, 0.05) is 44.6 Å². The van der Waals surface area contributed by atoms with E-state index in [1.165, 1.54) is 5.69 Å². The van der Waals surface area contributed by atoms with E-state index in [4.69, 9.17) is 0 Å². The minimum Gasteiger partial charge on any atom is -0.369 e. The van der Waals surface area contributed by atoms with E-state index in [9.17, 15) is 9.59 Å². The van der Waals surface area contributed by atoms with Gasteiger partial charge < -0.3 is 14.8 Å². The quantitative estimate of drug-likeness (QED) is 0.499. The van der Waals surface area contributed by atoms with Gasteiger partial charge in [-0.15, -0.1) is 0 Å². The second-order valence-electron chi connectivity index (χ2n) is 8.97. The lowest BCUT2D eigenvalue weighted by Gasteiger charge is -2.36. The molecule has 0 unspecified atom stereocenters. The van der Waals surface area contributed by atoms with Crippen molar-refractivity contribution in [3.8, 4) is 0 Å². The number of para-hydroxylation sites is 1. The van der Waals surface area contributed by atoms with Crippen LogP contribution >= 0.6 is 0 Å². The average Bonchev–Trinajstić information content (AvgIpc) is 2.86. The van der Waals surface area contributed by atoms with Gasteiger partial charge >= 0.3 is 0 Å². The Bertz CT molecular complexity index is 1130. The molecule has 0 spiro atoms. The predicted molar refractivity (Wildman–Crippen MR) is 138 cm³/mol. The zero-order valence-corrected chi connectivity index (χ0v) is 20.0. The number of piperazine rings is 1. The van der Waals surface area contributed by atoms with Gasteiger partial charge in [0.2, 0.25) is 0 Å². The second kappa shape index (κ2) is 11.7. The summed E-state index contributed by atoms with van der Waals surface area (Å²) in [5, 5.41) is 2.93. The molecule has 1 N–H and O–H groups in total. The van der Waals surface area contributed by atoms with Gasteiger partial charge in [0.1, 0.15) is 5.56 Å². The highest BCUT2D eigenvalue weighted by Crippen LogP contribution is 2.15. The van der Waals surface area contributed by atoms with E-state index in [-0.39, 0.29) is 17.0 Å². The first-order chi connectivity index (χ1) is 16.6. The number of hydrogen-bond donors (Lipinski definition) is 1. The Balaban J connectivity index is 1.19. The summed E-state index contributed by atoms with van der Waals surface area (Å²) in [4.78, 5) is 30.4. The van der Waals surface area contributed by atoms with Crippen LogP contribution in [0, 0.1) is 6.92 Å². The summed E-state index contributed by atoms with van der Waals surface area (Å²) in [6.45, 7) is 8.31. The van der Waals surface area contributed by atoms with Crippen LogP contribution in [-0.4, -0.2) is 54.6 Å². The summed E-state index contributed by atoms with van der Waals surface area (Å²) in [5.74, 6) is -0.292. The maximum atomic E-state index is 12.8. The molecule has 1 fully saturated rings. The zero-order valence-electron chi connectivity index (χ0n) is 20.0. The molecule has 4 rings (SSSR count). The molecule has 1 aliphatic rings. The number of nitrogens with one attached hydrogen (secondary N) is 1. The summed E-state index contributed by atoms with van der Waals surface area (Å²) >= 11 is 0. The molecule has 3 aromatic rings. The molecule has 0 radical (unpaired) electrons. The van der Waals surface area contributed by atoms with Crippen molar-refractivity contribution < 1.29 is 4.79 Å². The number of hydrogen-bond acceptors (Lipinski definition) is 4. The third-order valence-electron chi connectivity index (χ3n) is 6.38. The van der Waals surface area contributed by atoms with Gasteiger partial charge in [0.25, 0.3) is 11.5 Å². The number of nitrogens with zero attached hydrogens (tertiary/aromatic N) is 3. The predicted octanol–water partition coefficient (Wildman–Crippen LogP) is 3.54. The maximum Gasteiger partial charge on any atom is 0.263 e. The Hall–Kier alpha value is -3.38. The minimum atomic E-state index is -0.292. The van der Waals surface area contributed by atoms with E-state index >= 15 is 0 Å². The van der Waals surface area contributed by atoms with E-state index in [0.717, 1.165) is 56.7 Å². The Morgan fingerprint density at radius 1 is 0.912 bits per heavy atom. The van der Waals surface area contributed by atoms with Gasteiger partial charge in [0.05, 0.1) is 6.54 Å². The third-order valence-corrected chi connectivity index (χ3v) is 6.38. The standard InChI is InChI=1S/C28H34N4O2/c1-23-9-7-10-24(21-23)22-32-16-8-13-26(28(32)34)27(33)29-14-5-6-15-30-17-19-31(20-18-30)25-11-3-2-4-12-25/h2-4,7-13,16,21H,5-6,14-15,17-20,22H2,1H3,(H,29,33). The Morgan fingerprint density at radius 2 is 1.71 bits per heavy atom. The molecule has 6 nitrogen and oxygen atoms in total. The van der Waals surface area contributed by atoms with E-state index in [2.05, 4.69) is 51.5 Å². The number of unbranched alkanes of at least 4 members (excludes halogenated alkanes) is 1. The van der Waals surface area contributed by atoms with Crippen molar-refractivity contribution in [2.24, 2.45) is 0 Å². The Labute approximate surface area is 201 Å². The molecule has 0 aliphatic carbocycles. The van der Waals surface area contributed by atoms with Crippen molar-refractivity contribution in [3.05, 3.63) is 100.0 Å². The monoisotopic (exact) mass is 458 g/mol. The van der Waals surface area contributed by atoms with Crippen LogP contribution in [0.3, 0.4) is 0 Å². The summed E-state index contributed by atoms with van der Waals surface area (Å²) < 4.78 is 1.60. The summed E-state index contributed by atoms with van der Waals surface area (Å²) in [6.07, 6.45) is 3.66. The number of pyridine rings is 1. The second-order valence-corrected chi connectivity index (χ2v) is 8.97. The fourth-order valence-corrected chi connectivity index (χ4v) is 4.47. The lowest BCUT2D eigenvalue weighted by Crippen LogP contribution is -2.46. The van der Waals surface area contributed by atoms with Crippen molar-refractivity contribution in [2.75, 3.05) is 44.2 Å². The van der Waals surface area contributed by atoms with Crippen LogP contribution in [0.15, 0.2) is 77.7 Å². The molecule has 0 saturated carbocycles. The molecule has 6 heteroatoms. The number of carbonyl (C=O) groups excluding carboxylic acids is 1. The van der Waals surface area contributed by atoms with Gasteiger partial charge in [0.15, 0.2) is 0 Å². The Kier molecular flexibility index (Phi) is 8.15. The van der Waals surface area contributed by atoms with Crippen LogP contribution in [0.25, 0.3) is 0 Å². The molecule has 2 aromatic carbocycles. The van der Waals surface area contributed by atoms with Gasteiger partial charge in [-0.1, -0.05) is 48.0 Å². The van der Waals surface area contributed by atoms with Crippen molar-refractivity contribution in [1.29, 1.82) is 0 Å². The molecule has 178 valence electrons. The normalized spacial score (nSPS) is 14.2. The highest BCUT2D eigenvalue weighted by atomic mass is 16.2. The molecule has 34 heavy (non-hydrogen) atoms. The summed E-state index contributed by atoms with van der Waals surface area (Å²) in [5.41, 5.74) is 3.44. The third kappa shape index (κ3) is 6.35. The van der Waals surface area contributed by atoms with Crippen molar-refractivity contribution in [3.63, 3.8) is 0 Å². The first-order valence-electron chi connectivity index (χ1n) is 12.2. The number of benzene rings is 2. The van der Waals surface area contributed by atoms with Crippen LogP contribution in [-0.2, 0) is 6.54 Å². The Morgan fingerprint density at radius 3 is 2.47 bits per heavy atom. The van der Waals surface area contributed by atoms with Gasteiger partial charge in [-0.25, -0.2) is 0 Å². The molecule has 1 saturated heterocycles. The minimum absolute atomic E-state index is 0.201. The number of carbonyl (C=O) groups is 1. The maximum absolute atomic E-state index is 12.8. The van der Waals surface area contributed by atoms with Crippen molar-refractivity contribution in [1.82, 2.24) is 14.8 Å². The largest absolute Gasteiger partial charge is 0.369 e. The van der Waals surface area contributed by atoms with Crippen LogP contribution in [0.4, 0.5) is 5.69 Å². The van der Waals surface area contributed by atoms with E-state index in [0.29, 0.717) is 13.1 Å². The average molecular weight is 459 g/mol. The van der Waals surface area contributed by atoms with Gasteiger partial charge in [-0.05, 0) is 56.1 Å². The van der Waals surface area contributed by atoms with Crippen molar-refractivity contribution in [2.45, 2.75) is 26.3 Å². The van der Waals surface area contributed by atoms with Crippen LogP contribution < -0.4 is 15.8 Å². The van der Waals surface area contributed by atoms with Gasteiger partial charge in [-0.2, -0.15) is 0 Å². The van der Waals surface area contributed by atoms with Crippen LogP contribution in [0.1, 0.15) is 34.3 Å². The molecular formula is C28H34N4O2. The van der Waals surface area contributed by atoms with E-state index in [1.54, 1.807) is 22.9 Å². The van der Waals surface area contributed by atoms with E-state index in [1.807, 2.05) is 25.1 Å². The highest BCUT2D eigenvalue weighted by molar-refractivity contribution is 5.93. The molecule has 1 aromatic heterocycles. The molecule has 0 atom stereocenters. The topological polar surface area (TPSA) is 57.6 Å². The number of amides is 1. The molecule has 1 aliphatic heterocycles. The number of rotatable bonds is 9. The fraction of sp³-hybridized carbons (Fsp3) is 0.357. The summed E-state index contributed by atoms with van der Waals surface area (Å²) in [6, 6.07) is 22.0. The summed E-state index contributed by atoms with van der Waals surface area (Å²) in [7, 11) is 0.